The third kappa shape index (κ3) is 42.8. The third-order valence-electron chi connectivity index (χ3n) is 9.27. The van der Waals surface area contributed by atoms with E-state index in [1.54, 1.807) is 14.0 Å². The second-order valence-electron chi connectivity index (χ2n) is 14.5. The number of carbonyl (C=O) groups is 7. The summed E-state index contributed by atoms with van der Waals surface area (Å²) in [6, 6.07) is -1.30. The topological polar surface area (TPSA) is 257 Å². The van der Waals surface area contributed by atoms with Crippen LogP contribution >= 0.6 is 0 Å². The normalized spacial score (nSPS) is 11.7. The number of carboxylic acids is 2. The highest BCUT2D eigenvalue weighted by molar-refractivity contribution is 5.84. The van der Waals surface area contributed by atoms with Gasteiger partial charge in [0.2, 0.25) is 23.6 Å². The predicted octanol–water partition coefficient (Wildman–Crippen LogP) is 3.67. The van der Waals surface area contributed by atoms with E-state index in [2.05, 4.69) is 26.6 Å². The Kier molecular flexibility index (Phi) is 43.2. The predicted molar refractivity (Wildman–Crippen MR) is 232 cm³/mol. The Morgan fingerprint density at radius 3 is 1.36 bits per heavy atom. The van der Waals surface area contributed by atoms with Crippen LogP contribution in [0, 0.1) is 0 Å². The van der Waals surface area contributed by atoms with Gasteiger partial charge >= 0.3 is 11.9 Å². The van der Waals surface area contributed by atoms with Gasteiger partial charge in [-0.2, -0.15) is 0 Å². The highest BCUT2D eigenvalue weighted by atomic mass is 16.5. The molecule has 0 fully saturated rings. The fourth-order valence-corrected chi connectivity index (χ4v) is 5.87. The molecule has 0 aliphatic heterocycles. The van der Waals surface area contributed by atoms with Crippen LogP contribution in [0.1, 0.15) is 143 Å². The minimum absolute atomic E-state index is 0.0302. The van der Waals surface area contributed by atoms with Gasteiger partial charge in [-0.25, -0.2) is 4.79 Å². The van der Waals surface area contributed by atoms with Crippen LogP contribution in [0.4, 0.5) is 0 Å². The molecule has 356 valence electrons. The van der Waals surface area contributed by atoms with Gasteiger partial charge in [0.1, 0.15) is 25.0 Å². The lowest BCUT2D eigenvalue weighted by Gasteiger charge is -2.14. The standard InChI is InChI=1S/C41H75N5O13.C2H6/c1-33(47)34(42-2)17-15-16-22-43-38(50)31-58-29-28-57-26-24-45-39(51)32-59-30-27-56-25-23-44-36(48)21-20-35(41(54)55)46-37(49)18-13-11-9-7-5-3-4-6-8-10-12-14-19-40(52)53;1-2/h34-35,42H,3-32H2,1-2H3,(H,43,50)(H,44,48)(H,45,51)(H,46,49)(H,52,53)(H,54,55);1-2H3. The Morgan fingerprint density at radius 1 is 0.459 bits per heavy atom. The Balaban J connectivity index is 0. The van der Waals surface area contributed by atoms with Gasteiger partial charge in [-0.3, -0.25) is 28.8 Å². The van der Waals surface area contributed by atoms with E-state index in [0.29, 0.717) is 13.0 Å². The zero-order chi connectivity index (χ0) is 45.8. The highest BCUT2D eigenvalue weighted by Crippen LogP contribution is 2.13. The smallest absolute Gasteiger partial charge is 0.326 e. The first-order chi connectivity index (χ1) is 29.5. The Bertz CT molecular complexity index is 1160. The summed E-state index contributed by atoms with van der Waals surface area (Å²) >= 11 is 0. The summed E-state index contributed by atoms with van der Waals surface area (Å²) in [5, 5.41) is 31.7. The van der Waals surface area contributed by atoms with Crippen molar-refractivity contribution in [2.24, 2.45) is 0 Å². The second-order valence-corrected chi connectivity index (χ2v) is 14.5. The Hall–Kier alpha value is -3.71. The maximum Gasteiger partial charge on any atom is 0.326 e. The summed E-state index contributed by atoms with van der Waals surface area (Å²) in [5.74, 6) is -3.05. The fraction of sp³-hybridized carbons (Fsp3) is 0.837. The molecule has 0 aliphatic carbocycles. The summed E-state index contributed by atoms with van der Waals surface area (Å²) in [4.78, 5) is 81.7. The van der Waals surface area contributed by atoms with Crippen LogP contribution in [0.2, 0.25) is 0 Å². The van der Waals surface area contributed by atoms with Gasteiger partial charge in [-0.05, 0) is 52.5 Å². The van der Waals surface area contributed by atoms with Gasteiger partial charge < -0.3 is 55.7 Å². The lowest BCUT2D eigenvalue weighted by molar-refractivity contribution is -0.142. The molecule has 4 amide bonds. The van der Waals surface area contributed by atoms with Crippen LogP contribution < -0.4 is 26.6 Å². The van der Waals surface area contributed by atoms with E-state index < -0.39 is 18.0 Å². The second kappa shape index (κ2) is 44.3. The number of Topliss-reactive ketones (excluding diaryl/α,β-unsaturated/α-hetero) is 1. The minimum Gasteiger partial charge on any atom is -0.481 e. The molecule has 0 aromatic rings. The number of amides is 4. The molecule has 0 rings (SSSR count). The van der Waals surface area contributed by atoms with Crippen molar-refractivity contribution < 1.29 is 62.7 Å². The van der Waals surface area contributed by atoms with Crippen molar-refractivity contribution in [3.05, 3.63) is 0 Å². The summed E-state index contributed by atoms with van der Waals surface area (Å²) in [5.41, 5.74) is 0. The van der Waals surface area contributed by atoms with Crippen molar-refractivity contribution in [3.63, 3.8) is 0 Å². The summed E-state index contributed by atoms with van der Waals surface area (Å²) in [7, 11) is 1.75. The Morgan fingerprint density at radius 2 is 0.902 bits per heavy atom. The fourth-order valence-electron chi connectivity index (χ4n) is 5.87. The van der Waals surface area contributed by atoms with Gasteiger partial charge in [-0.1, -0.05) is 78.1 Å². The molecule has 0 aromatic carbocycles. The number of carbonyl (C=O) groups excluding carboxylic acids is 5. The first-order valence-electron chi connectivity index (χ1n) is 22.5. The van der Waals surface area contributed by atoms with Crippen molar-refractivity contribution in [1.29, 1.82) is 0 Å². The lowest BCUT2D eigenvalue weighted by Crippen LogP contribution is -2.41. The number of hydrogen-bond acceptors (Lipinski definition) is 12. The molecule has 0 spiro atoms. The number of unbranched alkanes of at least 4 members (excludes halogenated alkanes) is 12. The van der Waals surface area contributed by atoms with E-state index in [9.17, 15) is 38.7 Å². The molecule has 0 aliphatic rings. The van der Waals surface area contributed by atoms with Crippen LogP contribution in [0.15, 0.2) is 0 Å². The van der Waals surface area contributed by atoms with E-state index in [1.165, 1.54) is 19.3 Å². The molecular formula is C43H81N5O13. The molecule has 2 unspecified atom stereocenters. The quantitative estimate of drug-likeness (QED) is 0.0432. The number of ketones is 1. The molecule has 61 heavy (non-hydrogen) atoms. The number of rotatable bonds is 43. The largest absolute Gasteiger partial charge is 0.481 e. The Labute approximate surface area is 364 Å². The number of likely N-dealkylation sites (N-methyl/N-ethyl adjacent to an activating group) is 1. The van der Waals surface area contributed by atoms with Gasteiger partial charge in [0.25, 0.3) is 0 Å². The average molecular weight is 876 g/mol. The number of nitrogens with one attached hydrogen (secondary N) is 5. The molecule has 0 bridgehead atoms. The molecular weight excluding hydrogens is 794 g/mol. The number of carboxylic acid groups (broad SMARTS) is 2. The molecule has 0 saturated carbocycles. The zero-order valence-electron chi connectivity index (χ0n) is 37.8. The minimum atomic E-state index is -1.19. The van der Waals surface area contributed by atoms with Crippen LogP contribution in [0.25, 0.3) is 0 Å². The van der Waals surface area contributed by atoms with Crippen molar-refractivity contribution in [2.45, 2.75) is 155 Å². The molecule has 0 radical (unpaired) electrons. The van der Waals surface area contributed by atoms with Crippen molar-refractivity contribution in [2.75, 3.05) is 79.5 Å². The molecule has 7 N–H and O–H groups in total. The SMILES string of the molecule is CC.CNC(CCCCNC(=O)COCCOCCNC(=O)COCCOCCNC(=O)CCC(NC(=O)CCCCCCCCCCCCCCC(=O)O)C(=O)O)C(C)=O. The maximum atomic E-state index is 12.3. The molecule has 0 saturated heterocycles. The summed E-state index contributed by atoms with van der Waals surface area (Å²) < 4.78 is 21.3. The summed E-state index contributed by atoms with van der Waals surface area (Å²) in [6.07, 6.45) is 15.0. The van der Waals surface area contributed by atoms with Crippen molar-refractivity contribution in [1.82, 2.24) is 26.6 Å². The van der Waals surface area contributed by atoms with Crippen molar-refractivity contribution in [3.8, 4) is 0 Å². The van der Waals surface area contributed by atoms with Crippen LogP contribution in [-0.4, -0.2) is 143 Å². The molecule has 0 aromatic heterocycles. The first-order valence-corrected chi connectivity index (χ1v) is 22.5. The van der Waals surface area contributed by atoms with Gasteiger partial charge in [0.05, 0.1) is 45.7 Å². The average Bonchev–Trinajstić information content (AvgIpc) is 3.23. The number of ether oxygens (including phenoxy) is 4. The summed E-state index contributed by atoms with van der Waals surface area (Å²) in [6.45, 7) is 7.65. The van der Waals surface area contributed by atoms with E-state index in [1.807, 2.05) is 13.8 Å². The van der Waals surface area contributed by atoms with Crippen LogP contribution in [0.3, 0.4) is 0 Å². The zero-order valence-corrected chi connectivity index (χ0v) is 37.8. The molecule has 2 atom stereocenters. The van der Waals surface area contributed by atoms with Crippen LogP contribution in [0.5, 0.6) is 0 Å². The molecule has 18 heteroatoms. The van der Waals surface area contributed by atoms with Crippen molar-refractivity contribution >= 4 is 41.4 Å². The lowest BCUT2D eigenvalue weighted by atomic mass is 10.0. The van der Waals surface area contributed by atoms with E-state index in [4.69, 9.17) is 24.1 Å². The molecule has 0 heterocycles. The van der Waals surface area contributed by atoms with Crippen LogP contribution in [-0.2, 0) is 52.5 Å². The molecule has 18 nitrogen and oxygen atoms in total. The maximum absolute atomic E-state index is 12.3. The van der Waals surface area contributed by atoms with E-state index >= 15 is 0 Å². The first kappa shape index (κ1) is 59.4. The van der Waals surface area contributed by atoms with E-state index in [-0.39, 0.29) is 127 Å². The monoisotopic (exact) mass is 876 g/mol. The third-order valence-corrected chi connectivity index (χ3v) is 9.27. The van der Waals surface area contributed by atoms with Gasteiger partial charge in [0, 0.05) is 38.9 Å². The number of hydrogen-bond donors (Lipinski definition) is 7. The number of aliphatic carboxylic acids is 2. The highest BCUT2D eigenvalue weighted by Gasteiger charge is 2.21. The van der Waals surface area contributed by atoms with E-state index in [0.717, 1.165) is 70.6 Å². The van der Waals surface area contributed by atoms with Gasteiger partial charge in [-0.15, -0.1) is 0 Å². The van der Waals surface area contributed by atoms with Gasteiger partial charge in [0.15, 0.2) is 0 Å².